The SMILES string of the molecule is c1cnc2cc(-c3c[nH]c4nc(NC5CCC6(CCO6)CC5)ncc34)ccc2n1. The number of hydrogen-bond donors (Lipinski definition) is 2. The molecule has 1 spiro atoms. The Bertz CT molecular complexity index is 1190. The maximum absolute atomic E-state index is 5.81. The van der Waals surface area contributed by atoms with Crippen molar-refractivity contribution in [3.8, 4) is 11.1 Å². The molecule has 1 aliphatic carbocycles. The minimum absolute atomic E-state index is 0.182. The normalized spacial score (nSPS) is 24.1. The van der Waals surface area contributed by atoms with Gasteiger partial charge in [-0.15, -0.1) is 0 Å². The van der Waals surface area contributed by atoms with Gasteiger partial charge >= 0.3 is 0 Å². The van der Waals surface area contributed by atoms with Gasteiger partial charge < -0.3 is 15.0 Å². The summed E-state index contributed by atoms with van der Waals surface area (Å²) in [6, 6.07) is 6.52. The number of nitrogens with zero attached hydrogens (tertiary/aromatic N) is 4. The molecule has 146 valence electrons. The number of ether oxygens (including phenoxy) is 1. The Morgan fingerprint density at radius 2 is 1.86 bits per heavy atom. The van der Waals surface area contributed by atoms with E-state index in [0.717, 1.165) is 65.5 Å². The molecule has 7 nitrogen and oxygen atoms in total. The van der Waals surface area contributed by atoms with E-state index in [-0.39, 0.29) is 5.60 Å². The van der Waals surface area contributed by atoms with Crippen molar-refractivity contribution in [2.75, 3.05) is 11.9 Å². The molecular formula is C22H22N6O. The molecule has 1 aromatic carbocycles. The second-order valence-corrected chi connectivity index (χ2v) is 8.12. The predicted octanol–water partition coefficient (Wildman–Crippen LogP) is 4.08. The number of anilines is 1. The highest BCUT2D eigenvalue weighted by atomic mass is 16.5. The minimum Gasteiger partial charge on any atom is -0.375 e. The number of fused-ring (bicyclic) bond motifs is 2. The Labute approximate surface area is 168 Å². The molecule has 4 aromatic rings. The molecule has 29 heavy (non-hydrogen) atoms. The third kappa shape index (κ3) is 2.93. The number of H-pyrrole nitrogens is 1. The first-order chi connectivity index (χ1) is 14.3. The Morgan fingerprint density at radius 1 is 1.03 bits per heavy atom. The summed E-state index contributed by atoms with van der Waals surface area (Å²) in [4.78, 5) is 21.3. The Balaban J connectivity index is 1.24. The van der Waals surface area contributed by atoms with E-state index < -0.39 is 0 Å². The van der Waals surface area contributed by atoms with Crippen LogP contribution in [0, 0.1) is 0 Å². The Morgan fingerprint density at radius 3 is 2.66 bits per heavy atom. The molecule has 1 aliphatic heterocycles. The molecular weight excluding hydrogens is 364 g/mol. The zero-order valence-corrected chi connectivity index (χ0v) is 16.1. The van der Waals surface area contributed by atoms with Gasteiger partial charge in [0.25, 0.3) is 0 Å². The Kier molecular flexibility index (Phi) is 3.77. The van der Waals surface area contributed by atoms with E-state index in [4.69, 9.17) is 9.72 Å². The molecule has 0 unspecified atom stereocenters. The molecule has 2 N–H and O–H groups in total. The first-order valence-corrected chi connectivity index (χ1v) is 10.2. The molecule has 0 bridgehead atoms. The standard InChI is InChI=1S/C22H22N6O/c1-2-18-19(24-9-8-23-18)11-14(1)16-12-25-20-17(16)13-26-21(28-20)27-15-3-5-22(6-4-15)7-10-29-22/h1-2,8-9,11-13,15H,3-7,10H2,(H2,25,26,27,28). The maximum atomic E-state index is 5.81. The molecule has 1 saturated heterocycles. The fourth-order valence-electron chi connectivity index (χ4n) is 4.60. The fourth-order valence-corrected chi connectivity index (χ4v) is 4.60. The van der Waals surface area contributed by atoms with Crippen molar-refractivity contribution in [1.82, 2.24) is 24.9 Å². The highest BCUT2D eigenvalue weighted by molar-refractivity contribution is 5.95. The van der Waals surface area contributed by atoms with Crippen LogP contribution in [0.1, 0.15) is 32.1 Å². The highest BCUT2D eigenvalue weighted by Crippen LogP contribution is 2.41. The quantitative estimate of drug-likeness (QED) is 0.551. The van der Waals surface area contributed by atoms with Crippen LogP contribution < -0.4 is 5.32 Å². The van der Waals surface area contributed by atoms with Gasteiger partial charge in [0.2, 0.25) is 5.95 Å². The van der Waals surface area contributed by atoms with E-state index in [1.807, 2.05) is 18.5 Å². The van der Waals surface area contributed by atoms with Crippen molar-refractivity contribution in [2.24, 2.45) is 0 Å². The van der Waals surface area contributed by atoms with Gasteiger partial charge in [0.15, 0.2) is 0 Å². The van der Waals surface area contributed by atoms with Crippen molar-refractivity contribution >= 4 is 28.0 Å². The van der Waals surface area contributed by atoms with Crippen molar-refractivity contribution in [1.29, 1.82) is 0 Å². The van der Waals surface area contributed by atoms with Crippen LogP contribution in [-0.4, -0.2) is 43.2 Å². The van der Waals surface area contributed by atoms with Gasteiger partial charge in [-0.3, -0.25) is 9.97 Å². The summed E-state index contributed by atoms with van der Waals surface area (Å²) in [7, 11) is 0. The van der Waals surface area contributed by atoms with E-state index in [9.17, 15) is 0 Å². The van der Waals surface area contributed by atoms with Crippen molar-refractivity contribution < 1.29 is 4.74 Å². The summed E-state index contributed by atoms with van der Waals surface area (Å²) in [5, 5.41) is 4.52. The van der Waals surface area contributed by atoms with Gasteiger partial charge in [-0.05, 0) is 49.8 Å². The van der Waals surface area contributed by atoms with Gasteiger partial charge in [-0.25, -0.2) is 4.98 Å². The highest BCUT2D eigenvalue weighted by Gasteiger charge is 2.41. The first-order valence-electron chi connectivity index (χ1n) is 10.2. The summed E-state index contributed by atoms with van der Waals surface area (Å²) in [5.74, 6) is 0.686. The lowest BCUT2D eigenvalue weighted by Crippen LogP contribution is -2.48. The molecule has 0 atom stereocenters. The maximum Gasteiger partial charge on any atom is 0.224 e. The lowest BCUT2D eigenvalue weighted by atomic mass is 9.77. The smallest absolute Gasteiger partial charge is 0.224 e. The zero-order chi connectivity index (χ0) is 19.3. The second-order valence-electron chi connectivity index (χ2n) is 8.12. The van der Waals surface area contributed by atoms with E-state index in [0.29, 0.717) is 12.0 Å². The number of aromatic nitrogens is 5. The van der Waals surface area contributed by atoms with Gasteiger partial charge in [0, 0.05) is 41.8 Å². The average molecular weight is 386 g/mol. The van der Waals surface area contributed by atoms with Crippen molar-refractivity contribution in [3.05, 3.63) is 43.0 Å². The summed E-state index contributed by atoms with van der Waals surface area (Å²) in [6.07, 6.45) is 13.0. The second kappa shape index (κ2) is 6.49. The summed E-state index contributed by atoms with van der Waals surface area (Å²) < 4.78 is 5.81. The van der Waals surface area contributed by atoms with Crippen LogP contribution in [0.2, 0.25) is 0 Å². The van der Waals surface area contributed by atoms with E-state index in [1.165, 1.54) is 6.42 Å². The van der Waals surface area contributed by atoms with Crippen LogP contribution >= 0.6 is 0 Å². The summed E-state index contributed by atoms with van der Waals surface area (Å²) >= 11 is 0. The minimum atomic E-state index is 0.182. The molecule has 6 rings (SSSR count). The van der Waals surface area contributed by atoms with Crippen molar-refractivity contribution in [3.63, 3.8) is 0 Å². The number of rotatable bonds is 3. The average Bonchev–Trinajstić information content (AvgIpc) is 3.16. The molecule has 0 radical (unpaired) electrons. The van der Waals surface area contributed by atoms with Crippen LogP contribution in [0.4, 0.5) is 5.95 Å². The van der Waals surface area contributed by atoms with Gasteiger partial charge in [-0.2, -0.15) is 4.98 Å². The summed E-state index contributed by atoms with van der Waals surface area (Å²) in [6.45, 7) is 0.927. The molecule has 7 heteroatoms. The van der Waals surface area contributed by atoms with E-state index in [2.05, 4.69) is 37.4 Å². The molecule has 1 saturated carbocycles. The van der Waals surface area contributed by atoms with Crippen LogP contribution in [0.5, 0.6) is 0 Å². The molecule has 2 fully saturated rings. The van der Waals surface area contributed by atoms with Gasteiger partial charge in [-0.1, -0.05) is 6.07 Å². The number of hydrogen-bond acceptors (Lipinski definition) is 6. The molecule has 4 heterocycles. The van der Waals surface area contributed by atoms with Crippen molar-refractivity contribution in [2.45, 2.75) is 43.7 Å². The number of benzene rings is 1. The number of nitrogens with one attached hydrogen (secondary N) is 2. The molecule has 2 aliphatic rings. The van der Waals surface area contributed by atoms with Gasteiger partial charge in [0.1, 0.15) is 5.65 Å². The molecule has 3 aromatic heterocycles. The topological polar surface area (TPSA) is 88.6 Å². The van der Waals surface area contributed by atoms with E-state index >= 15 is 0 Å². The lowest BCUT2D eigenvalue weighted by Gasteiger charge is -2.46. The zero-order valence-electron chi connectivity index (χ0n) is 16.1. The lowest BCUT2D eigenvalue weighted by molar-refractivity contribution is -0.165. The first kappa shape index (κ1) is 16.9. The predicted molar refractivity (Wildman–Crippen MR) is 112 cm³/mol. The molecule has 0 amide bonds. The summed E-state index contributed by atoms with van der Waals surface area (Å²) in [5.41, 5.74) is 4.94. The van der Waals surface area contributed by atoms with Gasteiger partial charge in [0.05, 0.1) is 23.2 Å². The van der Waals surface area contributed by atoms with E-state index in [1.54, 1.807) is 12.4 Å². The number of aromatic amines is 1. The third-order valence-corrected chi connectivity index (χ3v) is 6.41. The van der Waals surface area contributed by atoms with Crippen LogP contribution in [0.25, 0.3) is 33.2 Å². The van der Waals surface area contributed by atoms with Crippen LogP contribution in [0.3, 0.4) is 0 Å². The van der Waals surface area contributed by atoms with Crippen LogP contribution in [-0.2, 0) is 4.74 Å². The fraction of sp³-hybridized carbons (Fsp3) is 0.364. The Hall–Kier alpha value is -3.06. The largest absolute Gasteiger partial charge is 0.375 e. The monoisotopic (exact) mass is 386 g/mol. The third-order valence-electron chi connectivity index (χ3n) is 6.41. The van der Waals surface area contributed by atoms with Crippen LogP contribution in [0.15, 0.2) is 43.0 Å².